The Hall–Kier alpha value is -2.37. The van der Waals surface area contributed by atoms with E-state index in [1.165, 1.54) is 5.56 Å². The molecule has 5 nitrogen and oxygen atoms in total. The highest BCUT2D eigenvalue weighted by Crippen LogP contribution is 2.37. The number of methoxy groups -OCH3 is 1. The monoisotopic (exact) mass is 408 g/mol. The van der Waals surface area contributed by atoms with Crippen LogP contribution >= 0.6 is 0 Å². The zero-order valence-electron chi connectivity index (χ0n) is 18.0. The van der Waals surface area contributed by atoms with Crippen molar-refractivity contribution in [3.63, 3.8) is 0 Å². The minimum Gasteiger partial charge on any atom is -0.497 e. The highest BCUT2D eigenvalue weighted by molar-refractivity contribution is 5.94. The molecule has 2 heterocycles. The molecule has 2 fully saturated rings. The van der Waals surface area contributed by atoms with Gasteiger partial charge in [0, 0.05) is 37.8 Å². The molecule has 0 radical (unpaired) electrons. The molecule has 2 aliphatic heterocycles. The van der Waals surface area contributed by atoms with E-state index in [1.807, 2.05) is 29.2 Å². The van der Waals surface area contributed by atoms with Crippen LogP contribution in [0.2, 0.25) is 0 Å². The molecule has 4 rings (SSSR count). The molecule has 1 spiro atoms. The van der Waals surface area contributed by atoms with Crippen molar-refractivity contribution in [2.45, 2.75) is 43.9 Å². The molecule has 2 aromatic carbocycles. The zero-order valence-corrected chi connectivity index (χ0v) is 18.0. The van der Waals surface area contributed by atoms with Gasteiger partial charge in [-0.25, -0.2) is 0 Å². The molecule has 1 atom stereocenters. The third-order valence-corrected chi connectivity index (χ3v) is 6.64. The minimum absolute atomic E-state index is 0.0808. The minimum atomic E-state index is -0.0982. The molecule has 30 heavy (non-hydrogen) atoms. The zero-order chi connectivity index (χ0) is 21.0. The molecule has 2 aliphatic rings. The second kappa shape index (κ2) is 9.19. The van der Waals surface area contributed by atoms with Crippen molar-refractivity contribution in [2.75, 3.05) is 33.9 Å². The Morgan fingerprint density at radius 1 is 1.17 bits per heavy atom. The SMILES string of the molecule is COc1cccc(C(=O)N2CCC3(CC2)CC(N(C)Cc2ccccc2)CCO3)c1. The normalized spacial score (nSPS) is 21.0. The summed E-state index contributed by atoms with van der Waals surface area (Å²) in [6, 6.07) is 18.6. The average Bonchev–Trinajstić information content (AvgIpc) is 2.80. The molecule has 2 saturated heterocycles. The Labute approximate surface area is 179 Å². The quantitative estimate of drug-likeness (QED) is 0.751. The van der Waals surface area contributed by atoms with Gasteiger partial charge in [0.25, 0.3) is 5.91 Å². The van der Waals surface area contributed by atoms with E-state index < -0.39 is 0 Å². The summed E-state index contributed by atoms with van der Waals surface area (Å²) >= 11 is 0. The van der Waals surface area contributed by atoms with E-state index >= 15 is 0 Å². The number of amides is 1. The summed E-state index contributed by atoms with van der Waals surface area (Å²) in [6.45, 7) is 3.24. The Morgan fingerprint density at radius 3 is 2.67 bits per heavy atom. The molecule has 0 saturated carbocycles. The van der Waals surface area contributed by atoms with Gasteiger partial charge in [0.15, 0.2) is 0 Å². The maximum absolute atomic E-state index is 12.9. The molecular weight excluding hydrogens is 376 g/mol. The summed E-state index contributed by atoms with van der Waals surface area (Å²) in [5.41, 5.74) is 1.94. The lowest BCUT2D eigenvalue weighted by molar-refractivity contribution is -0.128. The van der Waals surface area contributed by atoms with Crippen molar-refractivity contribution in [1.29, 1.82) is 0 Å². The molecule has 0 N–H and O–H groups in total. The number of rotatable bonds is 5. The Balaban J connectivity index is 1.35. The van der Waals surface area contributed by atoms with Gasteiger partial charge in [0.05, 0.1) is 12.7 Å². The first-order valence-electron chi connectivity index (χ1n) is 10.9. The van der Waals surface area contributed by atoms with Gasteiger partial charge in [-0.3, -0.25) is 9.69 Å². The Morgan fingerprint density at radius 2 is 1.93 bits per heavy atom. The first-order chi connectivity index (χ1) is 14.6. The third-order valence-electron chi connectivity index (χ3n) is 6.64. The van der Waals surface area contributed by atoms with Crippen LogP contribution in [0.4, 0.5) is 0 Å². The lowest BCUT2D eigenvalue weighted by Gasteiger charge is -2.48. The summed E-state index contributed by atoms with van der Waals surface area (Å²) in [5, 5.41) is 0. The number of hydrogen-bond acceptors (Lipinski definition) is 4. The second-order valence-corrected chi connectivity index (χ2v) is 8.60. The van der Waals surface area contributed by atoms with E-state index in [0.717, 1.165) is 51.9 Å². The van der Waals surface area contributed by atoms with Gasteiger partial charge in [0.2, 0.25) is 0 Å². The van der Waals surface area contributed by atoms with E-state index in [-0.39, 0.29) is 11.5 Å². The Bertz CT molecular complexity index is 846. The molecule has 0 aromatic heterocycles. The van der Waals surface area contributed by atoms with Gasteiger partial charge >= 0.3 is 0 Å². The topological polar surface area (TPSA) is 42.0 Å². The molecule has 1 amide bonds. The standard InChI is InChI=1S/C25H32N2O3/c1-26(19-20-7-4-3-5-8-20)22-11-16-30-25(18-22)12-14-27(15-13-25)24(28)21-9-6-10-23(17-21)29-2/h3-10,17,22H,11-16,18-19H2,1-2H3. The van der Waals surface area contributed by atoms with Gasteiger partial charge in [-0.05, 0) is 56.5 Å². The van der Waals surface area contributed by atoms with E-state index in [2.05, 4.69) is 42.3 Å². The molecular formula is C25H32N2O3. The van der Waals surface area contributed by atoms with E-state index in [9.17, 15) is 4.79 Å². The first-order valence-corrected chi connectivity index (χ1v) is 10.9. The molecule has 0 bridgehead atoms. The molecule has 1 unspecified atom stereocenters. The largest absolute Gasteiger partial charge is 0.497 e. The van der Waals surface area contributed by atoms with Crippen LogP contribution in [0.25, 0.3) is 0 Å². The maximum atomic E-state index is 12.9. The number of nitrogens with zero attached hydrogens (tertiary/aromatic N) is 2. The highest BCUT2D eigenvalue weighted by Gasteiger charge is 2.42. The number of ether oxygens (including phenoxy) is 2. The van der Waals surface area contributed by atoms with Gasteiger partial charge in [0.1, 0.15) is 5.75 Å². The number of carbonyl (C=O) groups is 1. The first kappa shape index (κ1) is 20.9. The van der Waals surface area contributed by atoms with Crippen LogP contribution in [-0.4, -0.2) is 61.2 Å². The Kier molecular flexibility index (Phi) is 6.40. The van der Waals surface area contributed by atoms with Gasteiger partial charge in [-0.2, -0.15) is 0 Å². The van der Waals surface area contributed by atoms with Crippen LogP contribution in [0, 0.1) is 0 Å². The predicted octanol–water partition coefficient (Wildman–Crippen LogP) is 3.98. The predicted molar refractivity (Wildman–Crippen MR) is 118 cm³/mol. The van der Waals surface area contributed by atoms with Crippen molar-refractivity contribution >= 4 is 5.91 Å². The van der Waals surface area contributed by atoms with Crippen molar-refractivity contribution in [3.8, 4) is 5.75 Å². The summed E-state index contributed by atoms with van der Waals surface area (Å²) < 4.78 is 11.6. The smallest absolute Gasteiger partial charge is 0.253 e. The molecule has 0 aliphatic carbocycles. The van der Waals surface area contributed by atoms with Crippen LogP contribution in [-0.2, 0) is 11.3 Å². The molecule has 5 heteroatoms. The summed E-state index contributed by atoms with van der Waals surface area (Å²) in [6.07, 6.45) is 3.91. The van der Waals surface area contributed by atoms with Gasteiger partial charge < -0.3 is 14.4 Å². The van der Waals surface area contributed by atoms with E-state index in [0.29, 0.717) is 17.4 Å². The van der Waals surface area contributed by atoms with Crippen LogP contribution < -0.4 is 4.74 Å². The fourth-order valence-electron chi connectivity index (χ4n) is 4.78. The number of likely N-dealkylation sites (tertiary alicyclic amines) is 1. The lowest BCUT2D eigenvalue weighted by Crippen LogP contribution is -2.54. The van der Waals surface area contributed by atoms with Crippen LogP contribution in [0.1, 0.15) is 41.6 Å². The van der Waals surface area contributed by atoms with Crippen molar-refractivity contribution in [1.82, 2.24) is 9.80 Å². The summed E-state index contributed by atoms with van der Waals surface area (Å²) in [5.74, 6) is 0.798. The third kappa shape index (κ3) is 4.68. The number of carbonyl (C=O) groups excluding carboxylic acids is 1. The van der Waals surface area contributed by atoms with Crippen LogP contribution in [0.5, 0.6) is 5.75 Å². The maximum Gasteiger partial charge on any atom is 0.253 e. The van der Waals surface area contributed by atoms with Gasteiger partial charge in [-0.1, -0.05) is 36.4 Å². The lowest BCUT2D eigenvalue weighted by atomic mass is 9.81. The second-order valence-electron chi connectivity index (χ2n) is 8.60. The van der Waals surface area contributed by atoms with Crippen LogP contribution in [0.15, 0.2) is 54.6 Å². The number of piperidine rings is 1. The summed E-state index contributed by atoms with van der Waals surface area (Å²) in [7, 11) is 3.85. The van der Waals surface area contributed by atoms with E-state index in [4.69, 9.17) is 9.47 Å². The molecule has 2 aromatic rings. The summed E-state index contributed by atoms with van der Waals surface area (Å²) in [4.78, 5) is 17.4. The number of benzene rings is 2. The van der Waals surface area contributed by atoms with Crippen LogP contribution in [0.3, 0.4) is 0 Å². The number of hydrogen-bond donors (Lipinski definition) is 0. The van der Waals surface area contributed by atoms with Gasteiger partial charge in [-0.15, -0.1) is 0 Å². The highest BCUT2D eigenvalue weighted by atomic mass is 16.5. The fraction of sp³-hybridized carbons (Fsp3) is 0.480. The van der Waals surface area contributed by atoms with Crippen molar-refractivity contribution in [2.24, 2.45) is 0 Å². The van der Waals surface area contributed by atoms with E-state index in [1.54, 1.807) is 7.11 Å². The van der Waals surface area contributed by atoms with Crippen molar-refractivity contribution < 1.29 is 14.3 Å². The fourth-order valence-corrected chi connectivity index (χ4v) is 4.78. The molecule has 160 valence electrons. The average molecular weight is 409 g/mol. The van der Waals surface area contributed by atoms with Crippen molar-refractivity contribution in [3.05, 3.63) is 65.7 Å².